The Morgan fingerprint density at radius 3 is 2.42 bits per heavy atom. The van der Waals surface area contributed by atoms with Gasteiger partial charge in [-0.15, -0.1) is 11.8 Å². The summed E-state index contributed by atoms with van der Waals surface area (Å²) in [5, 5.41) is 6.10. The summed E-state index contributed by atoms with van der Waals surface area (Å²) < 4.78 is 0. The van der Waals surface area contributed by atoms with Crippen LogP contribution < -0.4 is 10.6 Å². The van der Waals surface area contributed by atoms with Crippen molar-refractivity contribution >= 4 is 23.6 Å². The van der Waals surface area contributed by atoms with Gasteiger partial charge < -0.3 is 10.6 Å². The summed E-state index contributed by atoms with van der Waals surface area (Å²) in [5.41, 5.74) is 1.98. The summed E-state index contributed by atoms with van der Waals surface area (Å²) in [4.78, 5) is 25.8. The summed E-state index contributed by atoms with van der Waals surface area (Å²) in [7, 11) is 0. The Morgan fingerprint density at radius 2 is 1.61 bits per heavy atom. The zero-order chi connectivity index (χ0) is 21.7. The first-order valence-electron chi connectivity index (χ1n) is 11.5. The maximum atomic E-state index is 12.7. The van der Waals surface area contributed by atoms with E-state index in [1.54, 1.807) is 0 Å². The number of hydrogen-bond donors (Lipinski definition) is 2. The molecule has 3 rings (SSSR count). The van der Waals surface area contributed by atoms with E-state index < -0.39 is 0 Å². The van der Waals surface area contributed by atoms with E-state index in [0.29, 0.717) is 23.8 Å². The van der Waals surface area contributed by atoms with E-state index in [1.807, 2.05) is 30.3 Å². The molecule has 2 aromatic rings. The fourth-order valence-electron chi connectivity index (χ4n) is 4.02. The van der Waals surface area contributed by atoms with E-state index >= 15 is 0 Å². The van der Waals surface area contributed by atoms with Crippen LogP contribution in [0.25, 0.3) is 0 Å². The first-order valence-corrected chi connectivity index (χ1v) is 12.5. The molecule has 4 nitrogen and oxygen atoms in total. The predicted octanol–water partition coefficient (Wildman–Crippen LogP) is 5.23. The maximum absolute atomic E-state index is 12.7. The Bertz CT molecular complexity index is 819. The lowest BCUT2D eigenvalue weighted by molar-refractivity contribution is -0.118. The van der Waals surface area contributed by atoms with Crippen molar-refractivity contribution in [3.8, 4) is 0 Å². The average Bonchev–Trinajstić information content (AvgIpc) is 2.82. The van der Waals surface area contributed by atoms with Crippen molar-refractivity contribution in [3.05, 3.63) is 65.7 Å². The number of benzene rings is 2. The lowest BCUT2D eigenvalue weighted by Gasteiger charge is -2.21. The molecule has 0 atom stereocenters. The summed E-state index contributed by atoms with van der Waals surface area (Å²) in [5.74, 6) is 0.952. The highest BCUT2D eigenvalue weighted by molar-refractivity contribution is 8.00. The van der Waals surface area contributed by atoms with E-state index in [1.165, 1.54) is 49.4 Å². The molecule has 0 saturated heterocycles. The van der Waals surface area contributed by atoms with E-state index in [2.05, 4.69) is 34.9 Å². The van der Waals surface area contributed by atoms with Gasteiger partial charge in [0.05, 0.1) is 11.3 Å². The van der Waals surface area contributed by atoms with Gasteiger partial charge in [0.2, 0.25) is 5.91 Å². The minimum Gasteiger partial charge on any atom is -0.355 e. The molecule has 0 bridgehead atoms. The van der Waals surface area contributed by atoms with Gasteiger partial charge in [0.25, 0.3) is 5.91 Å². The Labute approximate surface area is 190 Å². The SMILES string of the molecule is O=C(CSc1ccccc1C(=O)NCCCCc1ccccc1)NCC1CCCCC1. The van der Waals surface area contributed by atoms with Gasteiger partial charge in [0.15, 0.2) is 0 Å². The van der Waals surface area contributed by atoms with E-state index in [9.17, 15) is 9.59 Å². The fraction of sp³-hybridized carbons (Fsp3) is 0.462. The van der Waals surface area contributed by atoms with Crippen LogP contribution in [0.4, 0.5) is 0 Å². The third-order valence-electron chi connectivity index (χ3n) is 5.82. The topological polar surface area (TPSA) is 58.2 Å². The molecule has 1 aliphatic carbocycles. The van der Waals surface area contributed by atoms with E-state index in [-0.39, 0.29) is 11.8 Å². The van der Waals surface area contributed by atoms with Gasteiger partial charge in [-0.25, -0.2) is 0 Å². The second-order valence-electron chi connectivity index (χ2n) is 8.29. The van der Waals surface area contributed by atoms with Crippen LogP contribution in [0.2, 0.25) is 0 Å². The molecule has 2 aromatic carbocycles. The Balaban J connectivity index is 1.38. The lowest BCUT2D eigenvalue weighted by Crippen LogP contribution is -2.31. The van der Waals surface area contributed by atoms with E-state index in [0.717, 1.165) is 30.7 Å². The number of amides is 2. The lowest BCUT2D eigenvalue weighted by atomic mass is 9.89. The van der Waals surface area contributed by atoms with Crippen LogP contribution in [-0.2, 0) is 11.2 Å². The number of carbonyl (C=O) groups is 2. The summed E-state index contributed by atoms with van der Waals surface area (Å²) in [6.07, 6.45) is 9.35. The highest BCUT2D eigenvalue weighted by Crippen LogP contribution is 2.24. The van der Waals surface area contributed by atoms with Crippen molar-refractivity contribution in [2.45, 2.75) is 56.3 Å². The molecule has 0 unspecified atom stereocenters. The quantitative estimate of drug-likeness (QED) is 0.373. The van der Waals surface area contributed by atoms with Crippen molar-refractivity contribution in [2.24, 2.45) is 5.92 Å². The monoisotopic (exact) mass is 438 g/mol. The van der Waals surface area contributed by atoms with Crippen LogP contribution in [0.15, 0.2) is 59.5 Å². The van der Waals surface area contributed by atoms with Crippen LogP contribution in [0.3, 0.4) is 0 Å². The van der Waals surface area contributed by atoms with Crippen molar-refractivity contribution in [1.82, 2.24) is 10.6 Å². The molecule has 5 heteroatoms. The van der Waals surface area contributed by atoms with Gasteiger partial charge in [0.1, 0.15) is 0 Å². The number of rotatable bonds is 11. The fourth-order valence-corrected chi connectivity index (χ4v) is 4.90. The molecule has 1 aliphatic rings. The highest BCUT2D eigenvalue weighted by atomic mass is 32.2. The van der Waals surface area contributed by atoms with Crippen LogP contribution in [0, 0.1) is 5.92 Å². The molecule has 1 fully saturated rings. The van der Waals surface area contributed by atoms with Gasteiger partial charge >= 0.3 is 0 Å². The summed E-state index contributed by atoms with van der Waals surface area (Å²) in [6, 6.07) is 18.0. The van der Waals surface area contributed by atoms with Crippen molar-refractivity contribution in [3.63, 3.8) is 0 Å². The molecular formula is C26H34N2O2S. The van der Waals surface area contributed by atoms with Crippen LogP contribution in [0.1, 0.15) is 60.9 Å². The number of hydrogen-bond acceptors (Lipinski definition) is 3. The molecule has 0 spiro atoms. The first kappa shape index (κ1) is 23.4. The van der Waals surface area contributed by atoms with Gasteiger partial charge in [-0.05, 0) is 55.7 Å². The molecule has 2 amide bonds. The van der Waals surface area contributed by atoms with E-state index in [4.69, 9.17) is 0 Å². The third-order valence-corrected chi connectivity index (χ3v) is 6.90. The Kier molecular flexibility index (Phi) is 9.97. The smallest absolute Gasteiger partial charge is 0.252 e. The first-order chi connectivity index (χ1) is 15.2. The van der Waals surface area contributed by atoms with Crippen LogP contribution in [0.5, 0.6) is 0 Å². The van der Waals surface area contributed by atoms with Crippen LogP contribution in [-0.4, -0.2) is 30.7 Å². The minimum absolute atomic E-state index is 0.0479. The number of aryl methyl sites for hydroxylation is 1. The molecule has 0 aliphatic heterocycles. The van der Waals surface area contributed by atoms with Crippen molar-refractivity contribution in [1.29, 1.82) is 0 Å². The number of unbranched alkanes of at least 4 members (excludes halogenated alkanes) is 1. The van der Waals surface area contributed by atoms with Gasteiger partial charge in [-0.1, -0.05) is 61.7 Å². The standard InChI is InChI=1S/C26H34N2O2S/c29-25(28-19-22-14-5-2-6-15-22)20-31-24-17-8-7-16-23(24)26(30)27-18-10-9-13-21-11-3-1-4-12-21/h1,3-4,7-8,11-12,16-17,22H,2,5-6,9-10,13-15,18-20H2,(H,27,30)(H,28,29). The van der Waals surface area contributed by atoms with Crippen molar-refractivity contribution in [2.75, 3.05) is 18.8 Å². The molecule has 0 heterocycles. The van der Waals surface area contributed by atoms with Gasteiger partial charge in [-0.2, -0.15) is 0 Å². The summed E-state index contributed by atoms with van der Waals surface area (Å²) >= 11 is 1.44. The number of thioether (sulfide) groups is 1. The second-order valence-corrected chi connectivity index (χ2v) is 9.31. The number of carbonyl (C=O) groups excluding carboxylic acids is 2. The zero-order valence-electron chi connectivity index (χ0n) is 18.3. The highest BCUT2D eigenvalue weighted by Gasteiger charge is 2.15. The number of nitrogens with one attached hydrogen (secondary N) is 2. The predicted molar refractivity (Wildman–Crippen MR) is 128 cm³/mol. The third kappa shape index (κ3) is 8.41. The van der Waals surface area contributed by atoms with Crippen LogP contribution >= 0.6 is 11.8 Å². The van der Waals surface area contributed by atoms with Gasteiger partial charge in [-0.3, -0.25) is 9.59 Å². The second kappa shape index (κ2) is 13.2. The molecule has 0 radical (unpaired) electrons. The maximum Gasteiger partial charge on any atom is 0.252 e. The molecule has 2 N–H and O–H groups in total. The molecule has 31 heavy (non-hydrogen) atoms. The largest absolute Gasteiger partial charge is 0.355 e. The molecule has 1 saturated carbocycles. The molecular weight excluding hydrogens is 404 g/mol. The summed E-state index contributed by atoms with van der Waals surface area (Å²) in [6.45, 7) is 1.44. The zero-order valence-corrected chi connectivity index (χ0v) is 19.1. The molecule has 166 valence electrons. The average molecular weight is 439 g/mol. The van der Waals surface area contributed by atoms with Crippen molar-refractivity contribution < 1.29 is 9.59 Å². The Hall–Kier alpha value is -2.27. The Morgan fingerprint density at radius 1 is 0.871 bits per heavy atom. The minimum atomic E-state index is -0.0644. The normalized spacial score (nSPS) is 14.2. The van der Waals surface area contributed by atoms with Gasteiger partial charge in [0, 0.05) is 18.0 Å². The molecule has 0 aromatic heterocycles.